The van der Waals surface area contributed by atoms with Gasteiger partial charge in [0.25, 0.3) is 5.69 Å². The second kappa shape index (κ2) is 14.1. The lowest BCUT2D eigenvalue weighted by Gasteiger charge is -2.25. The van der Waals surface area contributed by atoms with Gasteiger partial charge >= 0.3 is 24.1 Å². The lowest BCUT2D eigenvalue weighted by Crippen LogP contribution is -2.46. The first kappa shape index (κ1) is 32.5. The van der Waals surface area contributed by atoms with Crippen LogP contribution in [0.1, 0.15) is 59.9 Å². The number of nitro benzene ring substituents is 1. The third-order valence-electron chi connectivity index (χ3n) is 4.87. The van der Waals surface area contributed by atoms with E-state index in [1.165, 1.54) is 24.3 Å². The Morgan fingerprint density at radius 1 is 0.878 bits per heavy atom. The number of amides is 2. The number of carbonyl (C=O) groups excluding carboxylic acids is 4. The van der Waals surface area contributed by atoms with Gasteiger partial charge in [0.05, 0.1) is 4.92 Å². The molecular weight excluding hydrogens is 538 g/mol. The van der Waals surface area contributed by atoms with Gasteiger partial charge in [0.15, 0.2) is 0 Å². The fraction of sp³-hybridized carbons (Fsp3) is 0.429. The number of nitro groups is 1. The second-order valence-corrected chi connectivity index (χ2v) is 10.9. The zero-order chi connectivity index (χ0) is 30.8. The number of hydrogen-bond donors (Lipinski definition) is 2. The monoisotopic (exact) mass is 573 g/mol. The number of anilines is 1. The molecule has 13 nitrogen and oxygen atoms in total. The van der Waals surface area contributed by atoms with E-state index in [0.717, 1.165) is 0 Å². The molecule has 0 bridgehead atoms. The maximum absolute atomic E-state index is 12.7. The van der Waals surface area contributed by atoms with Crippen LogP contribution in [-0.4, -0.2) is 46.3 Å². The van der Waals surface area contributed by atoms with Crippen molar-refractivity contribution < 1.29 is 43.0 Å². The molecule has 0 aliphatic rings. The van der Waals surface area contributed by atoms with Gasteiger partial charge in [-0.1, -0.05) is 12.1 Å². The molecule has 222 valence electrons. The molecule has 0 fully saturated rings. The van der Waals surface area contributed by atoms with Gasteiger partial charge in [0.1, 0.15) is 29.6 Å². The molecular formula is C28H35N3O10. The number of urea groups is 1. The van der Waals surface area contributed by atoms with Gasteiger partial charge in [0, 0.05) is 24.2 Å². The number of benzene rings is 2. The lowest BCUT2D eigenvalue weighted by atomic mass is 10.1. The van der Waals surface area contributed by atoms with E-state index in [4.69, 9.17) is 18.9 Å². The minimum absolute atomic E-state index is 0.0243. The first-order valence-electron chi connectivity index (χ1n) is 12.7. The molecule has 2 amide bonds. The van der Waals surface area contributed by atoms with Gasteiger partial charge in [-0.25, -0.2) is 14.4 Å². The first-order valence-corrected chi connectivity index (χ1v) is 12.7. The van der Waals surface area contributed by atoms with E-state index in [1.54, 1.807) is 65.8 Å². The first-order chi connectivity index (χ1) is 19.0. The summed E-state index contributed by atoms with van der Waals surface area (Å²) in [7, 11) is 0. The van der Waals surface area contributed by atoms with E-state index >= 15 is 0 Å². The van der Waals surface area contributed by atoms with Crippen molar-refractivity contribution in [1.82, 2.24) is 5.32 Å². The molecule has 0 aromatic heterocycles. The van der Waals surface area contributed by atoms with Gasteiger partial charge in [-0.15, -0.1) is 0 Å². The molecule has 41 heavy (non-hydrogen) atoms. The van der Waals surface area contributed by atoms with Crippen molar-refractivity contribution in [2.75, 3.05) is 5.32 Å². The maximum atomic E-state index is 12.7. The average Bonchev–Trinajstić information content (AvgIpc) is 2.84. The van der Waals surface area contributed by atoms with E-state index in [2.05, 4.69) is 10.6 Å². The van der Waals surface area contributed by atoms with E-state index in [0.29, 0.717) is 11.3 Å². The predicted molar refractivity (Wildman–Crippen MR) is 147 cm³/mol. The van der Waals surface area contributed by atoms with Crippen molar-refractivity contribution in [2.45, 2.75) is 78.2 Å². The van der Waals surface area contributed by atoms with E-state index in [9.17, 15) is 29.3 Å². The van der Waals surface area contributed by atoms with Crippen LogP contribution in [-0.2, 0) is 30.4 Å². The molecule has 0 aliphatic carbocycles. The summed E-state index contributed by atoms with van der Waals surface area (Å²) in [5.74, 6) is -1.12. The van der Waals surface area contributed by atoms with Crippen molar-refractivity contribution in [3.05, 3.63) is 64.2 Å². The minimum atomic E-state index is -1.10. The summed E-state index contributed by atoms with van der Waals surface area (Å²) in [6.45, 7) is 10.1. The number of carbonyl (C=O) groups is 4. The summed E-state index contributed by atoms with van der Waals surface area (Å²) >= 11 is 0. The molecule has 2 aromatic rings. The smallest absolute Gasteiger partial charge is 0.460 e. The average molecular weight is 574 g/mol. The molecule has 1 atom stereocenters. The molecule has 0 radical (unpaired) electrons. The van der Waals surface area contributed by atoms with Gasteiger partial charge < -0.3 is 29.6 Å². The van der Waals surface area contributed by atoms with Crippen LogP contribution in [0.25, 0.3) is 0 Å². The number of rotatable bonds is 10. The van der Waals surface area contributed by atoms with Crippen LogP contribution >= 0.6 is 0 Å². The fourth-order valence-electron chi connectivity index (χ4n) is 3.19. The van der Waals surface area contributed by atoms with Gasteiger partial charge in [0.2, 0.25) is 0 Å². The molecule has 0 heterocycles. The van der Waals surface area contributed by atoms with Crippen LogP contribution < -0.4 is 15.4 Å². The van der Waals surface area contributed by atoms with E-state index in [-0.39, 0.29) is 30.9 Å². The number of nitrogens with zero attached hydrogens (tertiary/aromatic N) is 1. The van der Waals surface area contributed by atoms with Crippen LogP contribution in [0.5, 0.6) is 5.75 Å². The number of hydrogen-bond acceptors (Lipinski definition) is 10. The van der Waals surface area contributed by atoms with Gasteiger partial charge in [-0.05, 0) is 77.8 Å². The Kier molecular flexibility index (Phi) is 11.2. The van der Waals surface area contributed by atoms with Crippen molar-refractivity contribution in [3.8, 4) is 5.75 Å². The van der Waals surface area contributed by atoms with Crippen molar-refractivity contribution in [3.63, 3.8) is 0 Å². The van der Waals surface area contributed by atoms with Crippen molar-refractivity contribution in [1.29, 1.82) is 0 Å². The Labute approximate surface area is 237 Å². The fourth-order valence-corrected chi connectivity index (χ4v) is 3.19. The second-order valence-electron chi connectivity index (χ2n) is 10.9. The number of ether oxygens (including phenoxy) is 4. The Morgan fingerprint density at radius 3 is 2.00 bits per heavy atom. The normalized spacial score (nSPS) is 12.0. The molecule has 0 unspecified atom stereocenters. The highest BCUT2D eigenvalue weighted by atomic mass is 16.7. The topological polar surface area (TPSA) is 172 Å². The van der Waals surface area contributed by atoms with Crippen LogP contribution in [0.4, 0.5) is 21.0 Å². The maximum Gasteiger partial charge on any atom is 0.514 e. The predicted octanol–water partition coefficient (Wildman–Crippen LogP) is 5.26. The Bertz CT molecular complexity index is 1230. The lowest BCUT2D eigenvalue weighted by molar-refractivity contribution is -0.384. The molecule has 2 rings (SSSR count). The van der Waals surface area contributed by atoms with Crippen LogP contribution in [0, 0.1) is 10.1 Å². The summed E-state index contributed by atoms with van der Waals surface area (Å²) in [6.07, 6.45) is -1.13. The minimum Gasteiger partial charge on any atom is -0.460 e. The van der Waals surface area contributed by atoms with E-state index < -0.39 is 46.3 Å². The van der Waals surface area contributed by atoms with Crippen molar-refractivity contribution >= 4 is 35.5 Å². The molecule has 13 heteroatoms. The highest BCUT2D eigenvalue weighted by Crippen LogP contribution is 2.19. The third-order valence-corrected chi connectivity index (χ3v) is 4.87. The van der Waals surface area contributed by atoms with Crippen LogP contribution in [0.2, 0.25) is 0 Å². The molecule has 2 N–H and O–H groups in total. The molecule has 0 saturated heterocycles. The Hall–Kier alpha value is -4.68. The number of non-ortho nitro benzene ring substituents is 1. The summed E-state index contributed by atoms with van der Waals surface area (Å²) in [5, 5.41) is 15.8. The van der Waals surface area contributed by atoms with E-state index in [1.807, 2.05) is 0 Å². The number of esters is 2. The highest BCUT2D eigenvalue weighted by Gasteiger charge is 2.28. The summed E-state index contributed by atoms with van der Waals surface area (Å²) in [5.41, 5.74) is -0.663. The Morgan fingerprint density at radius 2 is 1.46 bits per heavy atom. The van der Waals surface area contributed by atoms with Crippen LogP contribution in [0.3, 0.4) is 0 Å². The van der Waals surface area contributed by atoms with Crippen molar-refractivity contribution in [2.24, 2.45) is 0 Å². The third kappa shape index (κ3) is 12.8. The zero-order valence-corrected chi connectivity index (χ0v) is 23.8. The zero-order valence-electron chi connectivity index (χ0n) is 23.8. The number of nitrogens with one attached hydrogen (secondary N) is 2. The molecule has 2 aromatic carbocycles. The van der Waals surface area contributed by atoms with Gasteiger partial charge in [-0.2, -0.15) is 0 Å². The summed E-state index contributed by atoms with van der Waals surface area (Å²) in [6, 6.07) is 9.46. The summed E-state index contributed by atoms with van der Waals surface area (Å²) < 4.78 is 20.7. The highest BCUT2D eigenvalue weighted by molar-refractivity contribution is 5.92. The SMILES string of the molecule is CC(C)(C)OC(=O)CC[C@H](NC(=O)Nc1ccc(COC(=O)Oc2ccc([N+](=O)[O-])cc2)cc1)C(=O)OC(C)(C)C. The van der Waals surface area contributed by atoms with Crippen LogP contribution in [0.15, 0.2) is 48.5 Å². The largest absolute Gasteiger partial charge is 0.514 e. The standard InChI is InChI=1S/C28H35N3O10/c1-27(2,3)40-23(32)16-15-22(24(33)41-28(4,5)6)30-25(34)29-19-9-7-18(8-10-19)17-38-26(35)39-21-13-11-20(12-14-21)31(36)37/h7-14,22H,15-17H2,1-6H3,(H2,29,30,34)/t22-/m0/s1. The Balaban J connectivity index is 1.90. The molecule has 0 aliphatic heterocycles. The summed E-state index contributed by atoms with van der Waals surface area (Å²) in [4.78, 5) is 59.5. The molecule has 0 saturated carbocycles. The quantitative estimate of drug-likeness (QED) is 0.125. The molecule has 0 spiro atoms. The van der Waals surface area contributed by atoms with Gasteiger partial charge in [-0.3, -0.25) is 14.9 Å².